The van der Waals surface area contributed by atoms with E-state index in [1.165, 1.54) is 17.0 Å². The fourth-order valence-corrected chi connectivity index (χ4v) is 6.54. The van der Waals surface area contributed by atoms with Gasteiger partial charge < -0.3 is 15.1 Å². The first-order valence-electron chi connectivity index (χ1n) is 12.7. The van der Waals surface area contributed by atoms with Crippen LogP contribution in [0.1, 0.15) is 61.0 Å². The Morgan fingerprint density at radius 1 is 1.19 bits per heavy atom. The zero-order valence-corrected chi connectivity index (χ0v) is 21.2. The van der Waals surface area contributed by atoms with Crippen LogP contribution in [0, 0.1) is 0 Å². The number of aryl methyl sites for hydroxylation is 1. The second kappa shape index (κ2) is 9.55. The molecule has 7 nitrogen and oxygen atoms in total. The molecule has 0 aliphatic carbocycles. The lowest BCUT2D eigenvalue weighted by Gasteiger charge is -2.33. The van der Waals surface area contributed by atoms with Crippen molar-refractivity contribution >= 4 is 28.7 Å². The van der Waals surface area contributed by atoms with Crippen LogP contribution in [-0.2, 0) is 24.2 Å². The van der Waals surface area contributed by atoms with E-state index in [0.717, 1.165) is 72.7 Å². The Bertz CT molecular complexity index is 1270. The highest BCUT2D eigenvalue weighted by molar-refractivity contribution is 7.13. The number of piperidine rings is 1. The number of anilines is 2. The van der Waals surface area contributed by atoms with Gasteiger partial charge in [-0.1, -0.05) is 0 Å². The Balaban J connectivity index is 1.47. The Hall–Kier alpha value is -2.85. The SMILES string of the molecule is CC(=O)N1CCc2c(c(N3CCCc4cc(-c5cncs5)c(C(F)F)cc43)nn2C2CCNCC2)C1. The van der Waals surface area contributed by atoms with E-state index >= 15 is 0 Å². The number of alkyl halides is 2. The molecule has 1 N–H and O–H groups in total. The summed E-state index contributed by atoms with van der Waals surface area (Å²) < 4.78 is 30.7. The number of hydrogen-bond acceptors (Lipinski definition) is 6. The van der Waals surface area contributed by atoms with Crippen LogP contribution in [0.2, 0.25) is 0 Å². The van der Waals surface area contributed by atoms with Gasteiger partial charge in [0.05, 0.1) is 23.0 Å². The molecule has 1 fully saturated rings. The first kappa shape index (κ1) is 23.5. The molecular formula is C26H30F2N6OS. The minimum Gasteiger partial charge on any atom is -0.338 e. The summed E-state index contributed by atoms with van der Waals surface area (Å²) >= 11 is 1.38. The topological polar surface area (TPSA) is 66.3 Å². The highest BCUT2D eigenvalue weighted by Crippen LogP contribution is 2.44. The van der Waals surface area contributed by atoms with Crippen LogP contribution < -0.4 is 10.2 Å². The van der Waals surface area contributed by atoms with Crippen molar-refractivity contribution in [3.63, 3.8) is 0 Å². The van der Waals surface area contributed by atoms with Crippen molar-refractivity contribution in [1.29, 1.82) is 0 Å². The van der Waals surface area contributed by atoms with E-state index in [-0.39, 0.29) is 11.5 Å². The second-order valence-electron chi connectivity index (χ2n) is 9.85. The molecular weight excluding hydrogens is 482 g/mol. The highest BCUT2D eigenvalue weighted by atomic mass is 32.1. The van der Waals surface area contributed by atoms with Gasteiger partial charge in [0.2, 0.25) is 5.91 Å². The predicted molar refractivity (Wildman–Crippen MR) is 136 cm³/mol. The van der Waals surface area contributed by atoms with Gasteiger partial charge >= 0.3 is 0 Å². The van der Waals surface area contributed by atoms with Crippen molar-refractivity contribution in [1.82, 2.24) is 25.0 Å². The van der Waals surface area contributed by atoms with Crippen LogP contribution in [0.5, 0.6) is 0 Å². The molecule has 0 atom stereocenters. The van der Waals surface area contributed by atoms with E-state index < -0.39 is 6.43 Å². The van der Waals surface area contributed by atoms with Crippen LogP contribution in [0.25, 0.3) is 10.4 Å². The summed E-state index contributed by atoms with van der Waals surface area (Å²) in [6.07, 6.45) is 3.59. The number of nitrogens with one attached hydrogen (secondary N) is 1. The number of nitrogens with zero attached hydrogens (tertiary/aromatic N) is 5. The fourth-order valence-electron chi connectivity index (χ4n) is 5.88. The summed E-state index contributed by atoms with van der Waals surface area (Å²) in [5.41, 5.74) is 6.39. The third kappa shape index (κ3) is 4.10. The van der Waals surface area contributed by atoms with E-state index in [0.29, 0.717) is 31.2 Å². The lowest BCUT2D eigenvalue weighted by atomic mass is 9.94. The van der Waals surface area contributed by atoms with Crippen LogP contribution in [0.15, 0.2) is 23.8 Å². The highest BCUT2D eigenvalue weighted by Gasteiger charge is 2.34. The van der Waals surface area contributed by atoms with E-state index in [1.54, 1.807) is 24.7 Å². The summed E-state index contributed by atoms with van der Waals surface area (Å²) in [5, 5.41) is 8.58. The number of amides is 1. The molecule has 0 spiro atoms. The minimum atomic E-state index is -2.59. The minimum absolute atomic E-state index is 0.0296. The monoisotopic (exact) mass is 512 g/mol. The molecule has 6 rings (SSSR count). The van der Waals surface area contributed by atoms with Gasteiger partial charge in [0.25, 0.3) is 6.43 Å². The van der Waals surface area contributed by atoms with Gasteiger partial charge in [-0.05, 0) is 56.5 Å². The van der Waals surface area contributed by atoms with Crippen LogP contribution in [-0.4, -0.2) is 51.8 Å². The maximum absolute atomic E-state index is 14.3. The standard InChI is InChI=1S/C26H30F2N6OS/c1-16(35)32-10-6-22-21(14-32)26(31-34(22)18-4-7-29-8-5-18)33-9-2-3-17-11-19(24-13-30-15-36-24)20(25(27)28)12-23(17)33/h11-13,15,18,25,29H,2-10,14H2,1H3. The number of rotatable bonds is 4. The van der Waals surface area contributed by atoms with E-state index in [4.69, 9.17) is 5.10 Å². The Labute approximate surface area is 213 Å². The van der Waals surface area contributed by atoms with Crippen molar-refractivity contribution in [3.05, 3.63) is 46.2 Å². The number of carbonyl (C=O) groups is 1. The number of benzene rings is 1. The summed E-state index contributed by atoms with van der Waals surface area (Å²) in [5.74, 6) is 0.871. The van der Waals surface area contributed by atoms with Gasteiger partial charge in [-0.3, -0.25) is 14.5 Å². The van der Waals surface area contributed by atoms with Gasteiger partial charge in [0.1, 0.15) is 0 Å². The first-order valence-corrected chi connectivity index (χ1v) is 13.6. The van der Waals surface area contributed by atoms with Crippen molar-refractivity contribution in [3.8, 4) is 10.4 Å². The zero-order chi connectivity index (χ0) is 24.8. The quantitative estimate of drug-likeness (QED) is 0.541. The number of carbonyl (C=O) groups excluding carboxylic acids is 1. The summed E-state index contributed by atoms with van der Waals surface area (Å²) in [6.45, 7) is 5.43. The molecule has 3 aromatic rings. The molecule has 0 bridgehead atoms. The number of aromatic nitrogens is 3. The third-order valence-electron chi connectivity index (χ3n) is 7.72. The third-order valence-corrected chi connectivity index (χ3v) is 8.53. The van der Waals surface area contributed by atoms with Gasteiger partial charge in [-0.25, -0.2) is 8.78 Å². The average molecular weight is 513 g/mol. The molecule has 1 aromatic carbocycles. The fraction of sp³-hybridized carbons (Fsp3) is 0.500. The Morgan fingerprint density at radius 3 is 2.75 bits per heavy atom. The van der Waals surface area contributed by atoms with Gasteiger partial charge in [-0.2, -0.15) is 5.10 Å². The summed E-state index contributed by atoms with van der Waals surface area (Å²) in [4.78, 5) is 21.1. The molecule has 1 saturated heterocycles. The van der Waals surface area contributed by atoms with Gasteiger partial charge in [0.15, 0.2) is 5.82 Å². The molecule has 3 aliphatic rings. The van der Waals surface area contributed by atoms with Gasteiger partial charge in [0, 0.05) is 60.7 Å². The van der Waals surface area contributed by atoms with E-state index in [2.05, 4.69) is 19.9 Å². The number of thiazole rings is 1. The predicted octanol–water partition coefficient (Wildman–Crippen LogP) is 4.86. The van der Waals surface area contributed by atoms with Crippen LogP contribution in [0.4, 0.5) is 20.3 Å². The normalized spacial score (nSPS) is 18.4. The molecule has 3 aliphatic heterocycles. The molecule has 1 amide bonds. The smallest absolute Gasteiger partial charge is 0.264 e. The Kier molecular flexibility index (Phi) is 6.25. The second-order valence-corrected chi connectivity index (χ2v) is 10.7. The number of halogens is 2. The summed E-state index contributed by atoms with van der Waals surface area (Å²) in [7, 11) is 0. The molecule has 36 heavy (non-hydrogen) atoms. The maximum atomic E-state index is 14.3. The molecule has 5 heterocycles. The largest absolute Gasteiger partial charge is 0.338 e. The zero-order valence-electron chi connectivity index (χ0n) is 20.3. The lowest BCUT2D eigenvalue weighted by molar-refractivity contribution is -0.129. The number of fused-ring (bicyclic) bond motifs is 2. The summed E-state index contributed by atoms with van der Waals surface area (Å²) in [6, 6.07) is 3.90. The van der Waals surface area contributed by atoms with E-state index in [1.807, 2.05) is 11.0 Å². The van der Waals surface area contributed by atoms with Crippen LogP contribution >= 0.6 is 11.3 Å². The van der Waals surface area contributed by atoms with Crippen molar-refractivity contribution in [2.45, 2.75) is 58.0 Å². The molecule has 2 aromatic heterocycles. The lowest BCUT2D eigenvalue weighted by Crippen LogP contribution is -2.36. The van der Waals surface area contributed by atoms with Gasteiger partial charge in [-0.15, -0.1) is 11.3 Å². The average Bonchev–Trinajstić information content (AvgIpc) is 3.56. The van der Waals surface area contributed by atoms with Crippen LogP contribution in [0.3, 0.4) is 0 Å². The van der Waals surface area contributed by atoms with Crippen molar-refractivity contribution in [2.75, 3.05) is 31.1 Å². The molecule has 10 heteroatoms. The molecule has 0 unspecified atom stereocenters. The first-order chi connectivity index (χ1) is 17.5. The number of hydrogen-bond donors (Lipinski definition) is 1. The maximum Gasteiger partial charge on any atom is 0.264 e. The molecule has 0 radical (unpaired) electrons. The van der Waals surface area contributed by atoms with Crippen molar-refractivity contribution in [2.24, 2.45) is 0 Å². The molecule has 190 valence electrons. The van der Waals surface area contributed by atoms with E-state index in [9.17, 15) is 13.6 Å². The Morgan fingerprint density at radius 2 is 2.03 bits per heavy atom. The van der Waals surface area contributed by atoms with Crippen molar-refractivity contribution < 1.29 is 13.6 Å². The molecule has 0 saturated carbocycles.